The number of hydrogen-bond acceptors (Lipinski definition) is 4. The van der Waals surface area contributed by atoms with E-state index in [9.17, 15) is 5.11 Å². The zero-order valence-corrected chi connectivity index (χ0v) is 17.6. The Morgan fingerprint density at radius 2 is 1.29 bits per heavy atom. The Morgan fingerprint density at radius 3 is 1.86 bits per heavy atom. The molecular formula is C23H24N2O2Se. The quantitative estimate of drug-likeness (QED) is 0.289. The van der Waals surface area contributed by atoms with E-state index in [1.165, 1.54) is 21.8 Å². The number of ether oxygens (including phenoxy) is 1. The van der Waals surface area contributed by atoms with Crippen molar-refractivity contribution in [2.75, 3.05) is 6.61 Å². The molecule has 0 aliphatic heterocycles. The van der Waals surface area contributed by atoms with E-state index in [4.69, 9.17) is 4.74 Å². The maximum atomic E-state index is 9.36. The molecule has 0 unspecified atom stereocenters. The van der Waals surface area contributed by atoms with Gasteiger partial charge < -0.3 is 0 Å². The summed E-state index contributed by atoms with van der Waals surface area (Å²) in [7, 11) is 0. The minimum atomic E-state index is 0.205. The summed E-state index contributed by atoms with van der Waals surface area (Å²) >= 11 is 0.205. The van der Waals surface area contributed by atoms with Crippen molar-refractivity contribution in [3.8, 4) is 11.5 Å². The molecule has 0 heterocycles. The number of phenols is 1. The fourth-order valence-corrected chi connectivity index (χ4v) is 4.21. The number of azo groups is 1. The van der Waals surface area contributed by atoms with Crippen LogP contribution in [0.1, 0.15) is 26.2 Å². The van der Waals surface area contributed by atoms with E-state index in [1.54, 1.807) is 12.1 Å². The molecule has 0 atom stereocenters. The van der Waals surface area contributed by atoms with Gasteiger partial charge in [0.05, 0.1) is 0 Å². The Hall–Kier alpha value is -2.62. The fourth-order valence-electron chi connectivity index (χ4n) is 2.50. The van der Waals surface area contributed by atoms with Gasteiger partial charge in [0.2, 0.25) is 0 Å². The van der Waals surface area contributed by atoms with Gasteiger partial charge in [0.25, 0.3) is 0 Å². The van der Waals surface area contributed by atoms with Crippen molar-refractivity contribution in [3.05, 3.63) is 72.8 Å². The van der Waals surface area contributed by atoms with Crippen LogP contribution in [0.3, 0.4) is 0 Å². The van der Waals surface area contributed by atoms with Crippen LogP contribution in [0.15, 0.2) is 83.0 Å². The first kappa shape index (κ1) is 20.1. The first-order valence-corrected chi connectivity index (χ1v) is 11.2. The number of unbranched alkanes of at least 4 members (excludes halogenated alkanes) is 2. The van der Waals surface area contributed by atoms with Crippen LogP contribution in [0.25, 0.3) is 0 Å². The van der Waals surface area contributed by atoms with Crippen LogP contribution in [0.4, 0.5) is 11.4 Å². The average molecular weight is 439 g/mol. The Balaban J connectivity index is 1.53. The van der Waals surface area contributed by atoms with E-state index < -0.39 is 0 Å². The van der Waals surface area contributed by atoms with E-state index >= 15 is 0 Å². The van der Waals surface area contributed by atoms with Crippen molar-refractivity contribution in [1.82, 2.24) is 0 Å². The summed E-state index contributed by atoms with van der Waals surface area (Å²) in [6.45, 7) is 2.94. The van der Waals surface area contributed by atoms with Crippen LogP contribution < -0.4 is 13.7 Å². The topological polar surface area (TPSA) is 54.2 Å². The number of benzene rings is 3. The van der Waals surface area contributed by atoms with Gasteiger partial charge in [-0.3, -0.25) is 0 Å². The van der Waals surface area contributed by atoms with Crippen LogP contribution in [0, 0.1) is 0 Å². The zero-order chi connectivity index (χ0) is 19.6. The standard InChI is InChI=1S/C23H24N2O2Se/c1-2-3-4-17-27-21-11-5-18(6-12-21)24-25-19-7-13-22(14-8-19)28-23-15-9-20(26)10-16-23/h5-16,26H,2-4,17H2,1H3. The summed E-state index contributed by atoms with van der Waals surface area (Å²) in [4.78, 5) is 0. The van der Waals surface area contributed by atoms with Gasteiger partial charge in [-0.1, -0.05) is 19.8 Å². The first-order valence-electron chi connectivity index (χ1n) is 9.44. The van der Waals surface area contributed by atoms with Crippen LogP contribution in [-0.4, -0.2) is 26.7 Å². The molecule has 0 aliphatic carbocycles. The zero-order valence-electron chi connectivity index (χ0n) is 15.9. The SMILES string of the molecule is CCCCCOc1ccc(N=Nc2ccc([Se]c3ccc(O)cc3)cc2)cc1. The van der Waals surface area contributed by atoms with Gasteiger partial charge in [-0.05, 0) is 6.42 Å². The molecule has 0 saturated carbocycles. The summed E-state index contributed by atoms with van der Waals surface area (Å²) < 4.78 is 8.18. The molecule has 0 aromatic heterocycles. The summed E-state index contributed by atoms with van der Waals surface area (Å²) in [6, 6.07) is 23.2. The second kappa shape index (κ2) is 10.6. The third-order valence-corrected chi connectivity index (χ3v) is 6.17. The minimum absolute atomic E-state index is 0.205. The van der Waals surface area contributed by atoms with Crippen LogP contribution in [0.5, 0.6) is 11.5 Å². The molecule has 144 valence electrons. The number of nitrogens with zero attached hydrogens (tertiary/aromatic N) is 2. The predicted molar refractivity (Wildman–Crippen MR) is 115 cm³/mol. The molecule has 3 aromatic rings. The van der Waals surface area contributed by atoms with E-state index in [-0.39, 0.29) is 15.0 Å². The third kappa shape index (κ3) is 6.52. The van der Waals surface area contributed by atoms with Crippen molar-refractivity contribution >= 4 is 35.3 Å². The van der Waals surface area contributed by atoms with E-state index in [0.29, 0.717) is 5.75 Å². The number of rotatable bonds is 9. The Labute approximate surface area is 172 Å². The van der Waals surface area contributed by atoms with Crippen LogP contribution >= 0.6 is 0 Å². The molecule has 3 aromatic carbocycles. The molecule has 0 saturated heterocycles. The Morgan fingerprint density at radius 1 is 0.750 bits per heavy atom. The summed E-state index contributed by atoms with van der Waals surface area (Å²) in [5.74, 6) is 1.17. The van der Waals surface area contributed by atoms with Gasteiger partial charge in [-0.2, -0.15) is 0 Å². The molecule has 0 radical (unpaired) electrons. The molecule has 0 fully saturated rings. The van der Waals surface area contributed by atoms with Crippen molar-refractivity contribution in [2.24, 2.45) is 10.2 Å². The van der Waals surface area contributed by atoms with Gasteiger partial charge in [-0.25, -0.2) is 0 Å². The summed E-state index contributed by atoms with van der Waals surface area (Å²) in [6.07, 6.45) is 3.48. The van der Waals surface area contributed by atoms with Crippen LogP contribution in [-0.2, 0) is 0 Å². The molecule has 3 rings (SSSR count). The molecule has 1 N–H and O–H groups in total. The average Bonchev–Trinajstić information content (AvgIpc) is 2.73. The Kier molecular flexibility index (Phi) is 7.65. The molecule has 0 bridgehead atoms. The molecule has 0 aliphatic rings. The second-order valence-corrected chi connectivity index (χ2v) is 8.75. The van der Waals surface area contributed by atoms with Gasteiger partial charge in [0, 0.05) is 0 Å². The molecule has 0 spiro atoms. The molecule has 5 heteroatoms. The number of hydrogen-bond donors (Lipinski definition) is 1. The van der Waals surface area contributed by atoms with E-state index in [2.05, 4.69) is 29.3 Å². The molecule has 4 nitrogen and oxygen atoms in total. The van der Waals surface area contributed by atoms with E-state index in [1.807, 2.05) is 48.5 Å². The van der Waals surface area contributed by atoms with Crippen molar-refractivity contribution in [1.29, 1.82) is 0 Å². The van der Waals surface area contributed by atoms with Crippen molar-refractivity contribution in [2.45, 2.75) is 26.2 Å². The molecular weight excluding hydrogens is 415 g/mol. The van der Waals surface area contributed by atoms with Gasteiger partial charge in [-0.15, -0.1) is 0 Å². The van der Waals surface area contributed by atoms with Crippen molar-refractivity contribution < 1.29 is 9.84 Å². The predicted octanol–water partition coefficient (Wildman–Crippen LogP) is 5.03. The van der Waals surface area contributed by atoms with Gasteiger partial charge in [0.1, 0.15) is 0 Å². The molecule has 0 amide bonds. The summed E-state index contributed by atoms with van der Waals surface area (Å²) in [5, 5.41) is 18.0. The number of phenolic OH excluding ortho intramolecular Hbond substituents is 1. The third-order valence-electron chi connectivity index (χ3n) is 4.04. The van der Waals surface area contributed by atoms with Crippen LogP contribution in [0.2, 0.25) is 0 Å². The second-order valence-electron chi connectivity index (χ2n) is 6.34. The normalized spacial score (nSPS) is 11.0. The Bertz CT molecular complexity index is 876. The maximum absolute atomic E-state index is 9.36. The van der Waals surface area contributed by atoms with Gasteiger partial charge >= 0.3 is 146 Å². The van der Waals surface area contributed by atoms with E-state index in [0.717, 1.165) is 30.2 Å². The van der Waals surface area contributed by atoms with Gasteiger partial charge in [0.15, 0.2) is 0 Å². The monoisotopic (exact) mass is 440 g/mol. The molecule has 28 heavy (non-hydrogen) atoms. The first-order chi connectivity index (χ1) is 13.7. The van der Waals surface area contributed by atoms with Crippen molar-refractivity contribution in [3.63, 3.8) is 0 Å². The number of aromatic hydroxyl groups is 1. The fraction of sp³-hybridized carbons (Fsp3) is 0.217. The summed E-state index contributed by atoms with van der Waals surface area (Å²) in [5.41, 5.74) is 1.63.